The van der Waals surface area contributed by atoms with Crippen LogP contribution in [-0.2, 0) is 19.1 Å². The fraction of sp³-hybridized carbons (Fsp3) is 0.583. The Kier molecular flexibility index (Phi) is 10.7. The van der Waals surface area contributed by atoms with Crippen molar-refractivity contribution in [3.63, 3.8) is 0 Å². The SMILES string of the molecule is CC(C)OC(=O)CCCC=CC[C@H]1C(=O)C[C@@H](O)[C@@H]1OC[C@@H](O)COc1ccccc1. The normalized spacial score (nSPS) is 22.2. The number of carbonyl (C=O) groups is 2. The van der Waals surface area contributed by atoms with Gasteiger partial charge in [0.1, 0.15) is 24.2 Å². The highest BCUT2D eigenvalue weighted by atomic mass is 16.5. The number of hydrogen-bond acceptors (Lipinski definition) is 7. The van der Waals surface area contributed by atoms with Crippen molar-refractivity contribution in [2.45, 2.75) is 70.4 Å². The van der Waals surface area contributed by atoms with E-state index in [1.165, 1.54) is 0 Å². The Balaban J connectivity index is 1.71. The predicted octanol–water partition coefficient (Wildman–Crippen LogP) is 2.83. The molecule has 1 aromatic rings. The molecule has 0 unspecified atom stereocenters. The Morgan fingerprint density at radius 1 is 1.19 bits per heavy atom. The molecule has 2 N–H and O–H groups in total. The van der Waals surface area contributed by atoms with Crippen LogP contribution in [0.2, 0.25) is 0 Å². The zero-order chi connectivity index (χ0) is 22.6. The molecule has 1 saturated carbocycles. The van der Waals surface area contributed by atoms with Gasteiger partial charge in [-0.25, -0.2) is 0 Å². The number of allylic oxidation sites excluding steroid dienone is 2. The lowest BCUT2D eigenvalue weighted by atomic mass is 9.99. The molecule has 7 nitrogen and oxygen atoms in total. The first-order chi connectivity index (χ1) is 14.9. The molecule has 1 aromatic carbocycles. The maximum atomic E-state index is 12.2. The number of carbonyl (C=O) groups excluding carboxylic acids is 2. The van der Waals surface area contributed by atoms with Crippen LogP contribution >= 0.6 is 0 Å². The summed E-state index contributed by atoms with van der Waals surface area (Å²) in [4.78, 5) is 23.7. The third-order valence-electron chi connectivity index (χ3n) is 4.94. The van der Waals surface area contributed by atoms with E-state index in [4.69, 9.17) is 14.2 Å². The van der Waals surface area contributed by atoms with Crippen molar-refractivity contribution in [2.75, 3.05) is 13.2 Å². The van der Waals surface area contributed by atoms with Gasteiger partial charge in [-0.05, 0) is 45.2 Å². The quantitative estimate of drug-likeness (QED) is 0.280. The number of ether oxygens (including phenoxy) is 3. The second-order valence-corrected chi connectivity index (χ2v) is 8.06. The highest BCUT2D eigenvalue weighted by Gasteiger charge is 2.41. The van der Waals surface area contributed by atoms with E-state index in [9.17, 15) is 19.8 Å². The molecular weight excluding hydrogens is 400 g/mol. The summed E-state index contributed by atoms with van der Waals surface area (Å²) in [5.74, 6) is -0.0454. The van der Waals surface area contributed by atoms with Crippen molar-refractivity contribution < 1.29 is 34.0 Å². The van der Waals surface area contributed by atoms with Crippen LogP contribution in [-0.4, -0.2) is 59.6 Å². The van der Waals surface area contributed by atoms with E-state index >= 15 is 0 Å². The second kappa shape index (κ2) is 13.2. The number of ketones is 1. The van der Waals surface area contributed by atoms with E-state index in [1.807, 2.05) is 44.2 Å². The molecule has 0 bridgehead atoms. The van der Waals surface area contributed by atoms with E-state index in [1.54, 1.807) is 12.1 Å². The topological polar surface area (TPSA) is 102 Å². The van der Waals surface area contributed by atoms with Crippen molar-refractivity contribution >= 4 is 11.8 Å². The van der Waals surface area contributed by atoms with Gasteiger partial charge in [0, 0.05) is 18.8 Å². The van der Waals surface area contributed by atoms with Gasteiger partial charge in [0.05, 0.1) is 24.9 Å². The van der Waals surface area contributed by atoms with Gasteiger partial charge in [0.25, 0.3) is 0 Å². The number of benzene rings is 1. The average molecular weight is 435 g/mol. The Labute approximate surface area is 184 Å². The van der Waals surface area contributed by atoms with Crippen molar-refractivity contribution in [3.8, 4) is 5.75 Å². The summed E-state index contributed by atoms with van der Waals surface area (Å²) >= 11 is 0. The van der Waals surface area contributed by atoms with E-state index in [2.05, 4.69) is 0 Å². The third kappa shape index (κ3) is 9.21. The molecule has 172 valence electrons. The van der Waals surface area contributed by atoms with Gasteiger partial charge in [-0.1, -0.05) is 30.4 Å². The van der Waals surface area contributed by atoms with Crippen LogP contribution in [0.15, 0.2) is 42.5 Å². The van der Waals surface area contributed by atoms with Gasteiger partial charge in [-0.2, -0.15) is 0 Å². The first-order valence-corrected chi connectivity index (χ1v) is 10.9. The fourth-order valence-electron chi connectivity index (χ4n) is 3.44. The number of aliphatic hydroxyl groups is 2. The summed E-state index contributed by atoms with van der Waals surface area (Å²) in [5.41, 5.74) is 0. The molecule has 7 heteroatoms. The highest BCUT2D eigenvalue weighted by molar-refractivity contribution is 5.85. The van der Waals surface area contributed by atoms with E-state index in [0.717, 1.165) is 0 Å². The lowest BCUT2D eigenvalue weighted by molar-refractivity contribution is -0.147. The average Bonchev–Trinajstić information content (AvgIpc) is 3.00. The summed E-state index contributed by atoms with van der Waals surface area (Å²) in [6.07, 6.45) is 3.57. The summed E-state index contributed by atoms with van der Waals surface area (Å²) < 4.78 is 16.3. The number of esters is 1. The number of para-hydroxylation sites is 1. The molecule has 0 saturated heterocycles. The molecule has 0 amide bonds. The first-order valence-electron chi connectivity index (χ1n) is 10.9. The van der Waals surface area contributed by atoms with Gasteiger partial charge in [0.2, 0.25) is 0 Å². The van der Waals surface area contributed by atoms with Gasteiger partial charge >= 0.3 is 5.97 Å². The van der Waals surface area contributed by atoms with Crippen LogP contribution in [0.1, 0.15) is 46.0 Å². The standard InChI is InChI=1S/C24H34O7/c1-17(2)31-23(28)13-9-4-3-8-12-20-21(26)14-22(27)24(20)30-16-18(25)15-29-19-10-6-5-7-11-19/h3,5-8,10-11,17-18,20,22,24-25,27H,4,9,12-16H2,1-2H3/t18-,20-,22+,24+/m0/s1. The largest absolute Gasteiger partial charge is 0.491 e. The van der Waals surface area contributed by atoms with Crippen LogP contribution in [0.3, 0.4) is 0 Å². The maximum absolute atomic E-state index is 12.2. The first kappa shape index (κ1) is 25.0. The summed E-state index contributed by atoms with van der Waals surface area (Å²) in [5, 5.41) is 20.3. The predicted molar refractivity (Wildman–Crippen MR) is 116 cm³/mol. The molecule has 1 aliphatic carbocycles. The Morgan fingerprint density at radius 3 is 2.65 bits per heavy atom. The van der Waals surface area contributed by atoms with Crippen molar-refractivity contribution in [1.82, 2.24) is 0 Å². The molecule has 0 spiro atoms. The molecule has 0 aliphatic heterocycles. The lowest BCUT2D eigenvalue weighted by Crippen LogP contribution is -2.34. The van der Waals surface area contributed by atoms with Gasteiger partial charge in [0.15, 0.2) is 0 Å². The Hall–Kier alpha value is -2.22. The number of Topliss-reactive ketones (excluding diaryl/α,β-unsaturated/α-hetero) is 1. The summed E-state index contributed by atoms with van der Waals surface area (Å²) in [6.45, 7) is 3.67. The number of aliphatic hydroxyl groups excluding tert-OH is 2. The molecule has 1 fully saturated rings. The Morgan fingerprint density at radius 2 is 1.94 bits per heavy atom. The molecule has 1 aliphatic rings. The van der Waals surface area contributed by atoms with Crippen LogP contribution < -0.4 is 4.74 Å². The highest BCUT2D eigenvalue weighted by Crippen LogP contribution is 2.29. The number of hydrogen-bond donors (Lipinski definition) is 2. The molecular formula is C24H34O7. The molecule has 0 aromatic heterocycles. The zero-order valence-electron chi connectivity index (χ0n) is 18.3. The van der Waals surface area contributed by atoms with Crippen molar-refractivity contribution in [3.05, 3.63) is 42.5 Å². The van der Waals surface area contributed by atoms with Crippen LogP contribution in [0.5, 0.6) is 5.75 Å². The van der Waals surface area contributed by atoms with Gasteiger partial charge < -0.3 is 24.4 Å². The smallest absolute Gasteiger partial charge is 0.306 e. The molecule has 0 radical (unpaired) electrons. The van der Waals surface area contributed by atoms with E-state index < -0.39 is 24.2 Å². The Bertz CT molecular complexity index is 701. The number of unbranched alkanes of at least 4 members (excludes halogenated alkanes) is 1. The van der Waals surface area contributed by atoms with Gasteiger partial charge in [-0.15, -0.1) is 0 Å². The maximum Gasteiger partial charge on any atom is 0.306 e. The summed E-state index contributed by atoms with van der Waals surface area (Å²) in [7, 11) is 0. The number of rotatable bonds is 13. The molecule has 2 rings (SSSR count). The van der Waals surface area contributed by atoms with Crippen LogP contribution in [0.4, 0.5) is 0 Å². The van der Waals surface area contributed by atoms with Gasteiger partial charge in [-0.3, -0.25) is 9.59 Å². The second-order valence-electron chi connectivity index (χ2n) is 8.06. The summed E-state index contributed by atoms with van der Waals surface area (Å²) in [6, 6.07) is 9.15. The van der Waals surface area contributed by atoms with Crippen LogP contribution in [0.25, 0.3) is 0 Å². The minimum Gasteiger partial charge on any atom is -0.491 e. The zero-order valence-corrected chi connectivity index (χ0v) is 18.3. The van der Waals surface area contributed by atoms with E-state index in [-0.39, 0.29) is 37.5 Å². The lowest BCUT2D eigenvalue weighted by Gasteiger charge is -2.22. The van der Waals surface area contributed by atoms with Crippen molar-refractivity contribution in [2.24, 2.45) is 5.92 Å². The molecule has 4 atom stereocenters. The van der Waals surface area contributed by atoms with Crippen LogP contribution in [0, 0.1) is 5.92 Å². The monoisotopic (exact) mass is 434 g/mol. The third-order valence-corrected chi connectivity index (χ3v) is 4.94. The fourth-order valence-corrected chi connectivity index (χ4v) is 3.44. The minimum atomic E-state index is -0.876. The van der Waals surface area contributed by atoms with Crippen molar-refractivity contribution in [1.29, 1.82) is 0 Å². The minimum absolute atomic E-state index is 0.0278. The molecule has 0 heterocycles. The molecule has 31 heavy (non-hydrogen) atoms. The van der Waals surface area contributed by atoms with E-state index in [0.29, 0.717) is 31.4 Å².